The van der Waals surface area contributed by atoms with E-state index in [0.717, 1.165) is 5.56 Å². The second-order valence-electron chi connectivity index (χ2n) is 4.91. The molecule has 1 aromatic rings. The number of benzene rings is 1. The van der Waals surface area contributed by atoms with Crippen molar-refractivity contribution in [2.24, 2.45) is 0 Å². The lowest BCUT2D eigenvalue weighted by atomic mass is 10.1. The quantitative estimate of drug-likeness (QED) is 0.904. The second-order valence-corrected chi connectivity index (χ2v) is 4.91. The Labute approximate surface area is 124 Å². The molecule has 0 bridgehead atoms. The van der Waals surface area contributed by atoms with E-state index >= 15 is 0 Å². The summed E-state index contributed by atoms with van der Waals surface area (Å²) in [6, 6.07) is 8.76. The van der Waals surface area contributed by atoms with Crippen LogP contribution in [0.4, 0.5) is 4.79 Å². The fourth-order valence-corrected chi connectivity index (χ4v) is 2.29. The van der Waals surface area contributed by atoms with Crippen LogP contribution in [-0.2, 0) is 20.9 Å². The van der Waals surface area contributed by atoms with Crippen LogP contribution >= 0.6 is 0 Å². The molecule has 1 fully saturated rings. The smallest absolute Gasteiger partial charge is 0.410 e. The average molecular weight is 292 g/mol. The highest BCUT2D eigenvalue weighted by Crippen LogP contribution is 2.14. The van der Waals surface area contributed by atoms with E-state index in [-0.39, 0.29) is 12.5 Å². The minimum absolute atomic E-state index is 0.186. The Kier molecular flexibility index (Phi) is 5.16. The van der Waals surface area contributed by atoms with Crippen LogP contribution in [-0.4, -0.2) is 49.2 Å². The van der Waals surface area contributed by atoms with Gasteiger partial charge >= 0.3 is 6.09 Å². The van der Waals surface area contributed by atoms with Crippen LogP contribution in [0.5, 0.6) is 0 Å². The van der Waals surface area contributed by atoms with Crippen molar-refractivity contribution < 1.29 is 19.1 Å². The number of carbonyl (C=O) groups is 2. The van der Waals surface area contributed by atoms with Gasteiger partial charge in [-0.15, -0.1) is 0 Å². The van der Waals surface area contributed by atoms with E-state index in [9.17, 15) is 9.59 Å². The Morgan fingerprint density at radius 1 is 1.43 bits per heavy atom. The van der Waals surface area contributed by atoms with Crippen LogP contribution in [0.2, 0.25) is 0 Å². The summed E-state index contributed by atoms with van der Waals surface area (Å²) in [5.74, 6) is -0.215. The second kappa shape index (κ2) is 7.08. The van der Waals surface area contributed by atoms with Crippen molar-refractivity contribution in [2.75, 3.05) is 20.2 Å². The third kappa shape index (κ3) is 3.72. The number of methoxy groups -OCH3 is 1. The van der Waals surface area contributed by atoms with E-state index in [1.165, 1.54) is 12.0 Å². The molecule has 114 valence electrons. The molecular formula is C15H20N2O4. The molecule has 1 aromatic carbocycles. The maximum absolute atomic E-state index is 12.2. The molecule has 21 heavy (non-hydrogen) atoms. The van der Waals surface area contributed by atoms with E-state index in [1.54, 1.807) is 6.92 Å². The maximum atomic E-state index is 12.2. The third-order valence-corrected chi connectivity index (χ3v) is 3.51. The summed E-state index contributed by atoms with van der Waals surface area (Å²) in [5.41, 5.74) is 0.906. The number of nitrogens with zero attached hydrogens (tertiary/aromatic N) is 1. The zero-order valence-corrected chi connectivity index (χ0v) is 12.2. The fourth-order valence-electron chi connectivity index (χ4n) is 2.29. The van der Waals surface area contributed by atoms with Crippen molar-refractivity contribution >= 4 is 12.0 Å². The summed E-state index contributed by atoms with van der Waals surface area (Å²) in [4.78, 5) is 25.6. The topological polar surface area (TPSA) is 67.9 Å². The first kappa shape index (κ1) is 15.3. The molecule has 1 aliphatic heterocycles. The van der Waals surface area contributed by atoms with E-state index in [2.05, 4.69) is 5.32 Å². The van der Waals surface area contributed by atoms with Gasteiger partial charge in [0.05, 0.1) is 6.10 Å². The first-order chi connectivity index (χ1) is 10.1. The molecule has 6 nitrogen and oxygen atoms in total. The van der Waals surface area contributed by atoms with Gasteiger partial charge in [0.1, 0.15) is 12.6 Å². The molecule has 2 amide bonds. The fraction of sp³-hybridized carbons (Fsp3) is 0.467. The van der Waals surface area contributed by atoms with E-state index < -0.39 is 18.2 Å². The molecule has 6 heteroatoms. The van der Waals surface area contributed by atoms with Gasteiger partial charge in [0, 0.05) is 20.2 Å². The van der Waals surface area contributed by atoms with Gasteiger partial charge in [0.25, 0.3) is 0 Å². The van der Waals surface area contributed by atoms with Gasteiger partial charge in [-0.3, -0.25) is 9.69 Å². The number of carbonyl (C=O) groups excluding carboxylic acids is 2. The van der Waals surface area contributed by atoms with Crippen molar-refractivity contribution in [1.82, 2.24) is 10.2 Å². The first-order valence-corrected chi connectivity index (χ1v) is 6.91. The number of hydrogen-bond acceptors (Lipinski definition) is 4. The lowest BCUT2D eigenvalue weighted by molar-refractivity contribution is -0.133. The lowest BCUT2D eigenvalue weighted by Crippen LogP contribution is -2.61. The van der Waals surface area contributed by atoms with Gasteiger partial charge in [0.15, 0.2) is 0 Å². The zero-order chi connectivity index (χ0) is 15.2. The minimum atomic E-state index is -0.660. The molecule has 0 aliphatic carbocycles. The highest BCUT2D eigenvalue weighted by atomic mass is 16.6. The Morgan fingerprint density at radius 3 is 2.81 bits per heavy atom. The SMILES string of the molecule is COC(C)C1C(=O)NCCN1C(=O)OCc1ccccc1. The molecule has 1 N–H and O–H groups in total. The monoisotopic (exact) mass is 292 g/mol. The van der Waals surface area contributed by atoms with Gasteiger partial charge in [-0.25, -0.2) is 4.79 Å². The van der Waals surface area contributed by atoms with Crippen LogP contribution in [0.15, 0.2) is 30.3 Å². The Balaban J connectivity index is 2.00. The largest absolute Gasteiger partial charge is 0.445 e. The molecule has 2 unspecified atom stereocenters. The summed E-state index contributed by atoms with van der Waals surface area (Å²) in [6.07, 6.45) is -0.892. The normalized spacial score (nSPS) is 19.8. The highest BCUT2D eigenvalue weighted by Gasteiger charge is 2.38. The van der Waals surface area contributed by atoms with Gasteiger partial charge in [-0.05, 0) is 12.5 Å². The summed E-state index contributed by atoms with van der Waals surface area (Å²) < 4.78 is 10.5. The number of amides is 2. The van der Waals surface area contributed by atoms with Crippen LogP contribution in [0.3, 0.4) is 0 Å². The van der Waals surface area contributed by atoms with Crippen LogP contribution in [0.1, 0.15) is 12.5 Å². The lowest BCUT2D eigenvalue weighted by Gasteiger charge is -2.36. The number of nitrogens with one attached hydrogen (secondary N) is 1. The van der Waals surface area contributed by atoms with Crippen LogP contribution < -0.4 is 5.32 Å². The number of piperazine rings is 1. The predicted molar refractivity (Wildman–Crippen MR) is 76.6 cm³/mol. The molecule has 0 saturated carbocycles. The van der Waals surface area contributed by atoms with Gasteiger partial charge in [0.2, 0.25) is 5.91 Å². The minimum Gasteiger partial charge on any atom is -0.445 e. The Morgan fingerprint density at radius 2 is 2.14 bits per heavy atom. The average Bonchev–Trinajstić information content (AvgIpc) is 2.52. The summed E-state index contributed by atoms with van der Waals surface area (Å²) >= 11 is 0. The number of rotatable bonds is 4. The van der Waals surface area contributed by atoms with Crippen molar-refractivity contribution in [2.45, 2.75) is 25.7 Å². The predicted octanol–water partition coefficient (Wildman–Crippen LogP) is 1.16. The molecule has 2 atom stereocenters. The summed E-state index contributed by atoms with van der Waals surface area (Å²) in [6.45, 7) is 2.78. The first-order valence-electron chi connectivity index (χ1n) is 6.91. The molecule has 1 aliphatic rings. The molecule has 0 radical (unpaired) electrons. The van der Waals surface area contributed by atoms with Gasteiger partial charge in [-0.1, -0.05) is 30.3 Å². The Hall–Kier alpha value is -2.08. The number of hydrogen-bond donors (Lipinski definition) is 1. The van der Waals surface area contributed by atoms with Gasteiger partial charge < -0.3 is 14.8 Å². The van der Waals surface area contributed by atoms with Crippen LogP contribution in [0.25, 0.3) is 0 Å². The van der Waals surface area contributed by atoms with Crippen molar-refractivity contribution in [3.8, 4) is 0 Å². The molecule has 1 heterocycles. The van der Waals surface area contributed by atoms with Crippen molar-refractivity contribution in [3.05, 3.63) is 35.9 Å². The molecule has 2 rings (SSSR count). The van der Waals surface area contributed by atoms with Gasteiger partial charge in [-0.2, -0.15) is 0 Å². The van der Waals surface area contributed by atoms with Crippen LogP contribution in [0, 0.1) is 0 Å². The summed E-state index contributed by atoms with van der Waals surface area (Å²) in [5, 5.41) is 2.74. The maximum Gasteiger partial charge on any atom is 0.410 e. The molecule has 1 saturated heterocycles. The Bertz CT molecular complexity index is 492. The van der Waals surface area contributed by atoms with Crippen molar-refractivity contribution in [1.29, 1.82) is 0 Å². The standard InChI is InChI=1S/C15H20N2O4/c1-11(20-2)13-14(18)16-8-9-17(13)15(19)21-10-12-6-4-3-5-7-12/h3-7,11,13H,8-10H2,1-2H3,(H,16,18). The molecule has 0 aromatic heterocycles. The highest BCUT2D eigenvalue weighted by molar-refractivity contribution is 5.87. The zero-order valence-electron chi connectivity index (χ0n) is 12.2. The van der Waals surface area contributed by atoms with E-state index in [1.807, 2.05) is 30.3 Å². The molecular weight excluding hydrogens is 272 g/mol. The van der Waals surface area contributed by atoms with E-state index in [4.69, 9.17) is 9.47 Å². The summed E-state index contributed by atoms with van der Waals surface area (Å²) in [7, 11) is 1.51. The molecule has 0 spiro atoms. The van der Waals surface area contributed by atoms with Crippen molar-refractivity contribution in [3.63, 3.8) is 0 Å². The third-order valence-electron chi connectivity index (χ3n) is 3.51. The number of ether oxygens (including phenoxy) is 2. The van der Waals surface area contributed by atoms with E-state index in [0.29, 0.717) is 13.1 Å².